The minimum atomic E-state index is -0.128. The number of rotatable bonds is 5. The predicted octanol–water partition coefficient (Wildman–Crippen LogP) is 4.94. The zero-order valence-electron chi connectivity index (χ0n) is 16.3. The van der Waals surface area contributed by atoms with Crippen LogP contribution < -0.4 is 0 Å². The first-order valence-electron chi connectivity index (χ1n) is 9.40. The molecule has 0 spiro atoms. The predicted molar refractivity (Wildman–Crippen MR) is 96.5 cm³/mol. The molecule has 3 nitrogen and oxygen atoms in total. The van der Waals surface area contributed by atoms with E-state index in [4.69, 9.17) is 4.74 Å². The summed E-state index contributed by atoms with van der Waals surface area (Å²) in [6.07, 6.45) is 7.92. The van der Waals surface area contributed by atoms with Crippen LogP contribution in [0.25, 0.3) is 0 Å². The van der Waals surface area contributed by atoms with Gasteiger partial charge in [0.15, 0.2) is 5.78 Å². The quantitative estimate of drug-likeness (QED) is 0.669. The lowest BCUT2D eigenvalue weighted by molar-refractivity contribution is -0.141. The Balaban J connectivity index is 2.17. The summed E-state index contributed by atoms with van der Waals surface area (Å²) < 4.78 is 4.79. The third-order valence-corrected chi connectivity index (χ3v) is 6.67. The average molecular weight is 335 g/mol. The van der Waals surface area contributed by atoms with Crippen LogP contribution in [0.3, 0.4) is 0 Å². The van der Waals surface area contributed by atoms with E-state index in [9.17, 15) is 9.59 Å². The van der Waals surface area contributed by atoms with Gasteiger partial charge in [0, 0.05) is 12.3 Å². The molecule has 0 aromatic rings. The zero-order chi connectivity index (χ0) is 18.1. The molecule has 0 aromatic heterocycles. The summed E-state index contributed by atoms with van der Waals surface area (Å²) >= 11 is 0. The molecule has 136 valence electrons. The Morgan fingerprint density at radius 1 is 1.33 bits per heavy atom. The smallest absolute Gasteiger partial charge is 0.305 e. The van der Waals surface area contributed by atoms with Crippen molar-refractivity contribution in [3.05, 3.63) is 11.6 Å². The fourth-order valence-electron chi connectivity index (χ4n) is 5.60. The van der Waals surface area contributed by atoms with Crippen LogP contribution >= 0.6 is 0 Å². The summed E-state index contributed by atoms with van der Waals surface area (Å²) in [7, 11) is 1.45. The van der Waals surface area contributed by atoms with Crippen LogP contribution in [0.2, 0.25) is 0 Å². The van der Waals surface area contributed by atoms with Gasteiger partial charge in [-0.15, -0.1) is 0 Å². The molecule has 0 heterocycles. The molecular formula is C21H34O3. The summed E-state index contributed by atoms with van der Waals surface area (Å²) in [6, 6.07) is 0. The first-order valence-corrected chi connectivity index (χ1v) is 9.40. The van der Waals surface area contributed by atoms with Crippen LogP contribution in [0.1, 0.15) is 73.1 Å². The lowest BCUT2D eigenvalue weighted by Gasteiger charge is -2.55. The van der Waals surface area contributed by atoms with Crippen LogP contribution in [-0.4, -0.2) is 18.9 Å². The van der Waals surface area contributed by atoms with E-state index >= 15 is 0 Å². The van der Waals surface area contributed by atoms with Crippen LogP contribution in [0, 0.1) is 28.6 Å². The summed E-state index contributed by atoms with van der Waals surface area (Å²) in [4.78, 5) is 24.3. The van der Waals surface area contributed by atoms with E-state index in [1.807, 2.05) is 6.08 Å². The fraction of sp³-hybridized carbons (Fsp3) is 0.810. The Labute approximate surface area is 147 Å². The third-order valence-electron chi connectivity index (χ3n) is 6.67. The highest BCUT2D eigenvalue weighted by atomic mass is 16.5. The first-order chi connectivity index (χ1) is 11.1. The molecule has 2 rings (SSSR count). The molecule has 0 aliphatic heterocycles. The molecule has 1 saturated carbocycles. The van der Waals surface area contributed by atoms with Crippen molar-refractivity contribution in [2.45, 2.75) is 73.1 Å². The number of carbonyl (C=O) groups is 2. The number of esters is 1. The highest BCUT2D eigenvalue weighted by Gasteiger charge is 2.55. The Morgan fingerprint density at radius 3 is 2.62 bits per heavy atom. The van der Waals surface area contributed by atoms with E-state index in [0.29, 0.717) is 24.0 Å². The summed E-state index contributed by atoms with van der Waals surface area (Å²) in [5.74, 6) is 1.10. The fourth-order valence-corrected chi connectivity index (χ4v) is 5.60. The van der Waals surface area contributed by atoms with Gasteiger partial charge in [-0.1, -0.05) is 39.7 Å². The molecule has 2 aliphatic rings. The highest BCUT2D eigenvalue weighted by Crippen LogP contribution is 2.59. The zero-order valence-corrected chi connectivity index (χ0v) is 16.3. The van der Waals surface area contributed by atoms with E-state index in [1.54, 1.807) is 0 Å². The second-order valence-electron chi connectivity index (χ2n) is 9.09. The molecule has 3 heteroatoms. The summed E-state index contributed by atoms with van der Waals surface area (Å²) in [5.41, 5.74) is 1.38. The first kappa shape index (κ1) is 19.2. The van der Waals surface area contributed by atoms with Gasteiger partial charge in [-0.05, 0) is 61.3 Å². The van der Waals surface area contributed by atoms with Crippen molar-refractivity contribution in [3.8, 4) is 0 Å². The van der Waals surface area contributed by atoms with Crippen molar-refractivity contribution < 1.29 is 14.3 Å². The van der Waals surface area contributed by atoms with Crippen LogP contribution in [0.15, 0.2) is 11.6 Å². The molecule has 0 aromatic carbocycles. The van der Waals surface area contributed by atoms with Gasteiger partial charge in [0.25, 0.3) is 0 Å². The van der Waals surface area contributed by atoms with E-state index in [0.717, 1.165) is 25.7 Å². The summed E-state index contributed by atoms with van der Waals surface area (Å²) in [6.45, 7) is 11.1. The number of methoxy groups -OCH3 is 1. The van der Waals surface area contributed by atoms with E-state index in [2.05, 4.69) is 34.6 Å². The number of ether oxygens (including phenoxy) is 1. The van der Waals surface area contributed by atoms with Gasteiger partial charge in [0.05, 0.1) is 7.11 Å². The maximum absolute atomic E-state index is 12.8. The van der Waals surface area contributed by atoms with Crippen molar-refractivity contribution in [1.82, 2.24) is 0 Å². The second-order valence-corrected chi connectivity index (χ2v) is 9.09. The molecule has 24 heavy (non-hydrogen) atoms. The van der Waals surface area contributed by atoms with Crippen molar-refractivity contribution >= 4 is 11.8 Å². The van der Waals surface area contributed by atoms with Gasteiger partial charge in [0.1, 0.15) is 0 Å². The van der Waals surface area contributed by atoms with Gasteiger partial charge in [-0.2, -0.15) is 0 Å². The maximum atomic E-state index is 12.8. The Kier molecular flexibility index (Phi) is 5.61. The van der Waals surface area contributed by atoms with Crippen LogP contribution in [0.4, 0.5) is 0 Å². The summed E-state index contributed by atoms with van der Waals surface area (Å²) in [5, 5.41) is 0. The molecule has 4 atom stereocenters. The molecule has 0 amide bonds. The minimum Gasteiger partial charge on any atom is -0.469 e. The van der Waals surface area contributed by atoms with E-state index < -0.39 is 0 Å². The van der Waals surface area contributed by atoms with E-state index in [-0.39, 0.29) is 22.7 Å². The average Bonchev–Trinajstić information content (AvgIpc) is 2.44. The third kappa shape index (κ3) is 3.60. The number of carbonyl (C=O) groups excluding carboxylic acids is 2. The van der Waals surface area contributed by atoms with Gasteiger partial charge in [0.2, 0.25) is 0 Å². The number of ketones is 1. The van der Waals surface area contributed by atoms with Crippen molar-refractivity contribution in [2.24, 2.45) is 28.6 Å². The number of hydrogen-bond acceptors (Lipinski definition) is 3. The minimum absolute atomic E-state index is 0.0582. The van der Waals surface area contributed by atoms with Crippen molar-refractivity contribution in [2.75, 3.05) is 7.11 Å². The molecule has 0 unspecified atom stereocenters. The van der Waals surface area contributed by atoms with Crippen molar-refractivity contribution in [3.63, 3.8) is 0 Å². The van der Waals surface area contributed by atoms with Crippen molar-refractivity contribution in [1.29, 1.82) is 0 Å². The van der Waals surface area contributed by atoms with Crippen LogP contribution in [0.5, 0.6) is 0 Å². The molecule has 0 saturated heterocycles. The SMILES string of the molecule is COC(=O)C[C@@H](C)CC[C@H]1C(C)=CC(=O)[C@H]2C(C)(C)CCC[C@]12C. The maximum Gasteiger partial charge on any atom is 0.305 e. The normalized spacial score (nSPS) is 33.4. The lowest BCUT2D eigenvalue weighted by Crippen LogP contribution is -2.52. The molecular weight excluding hydrogens is 300 g/mol. The lowest BCUT2D eigenvalue weighted by atomic mass is 9.48. The van der Waals surface area contributed by atoms with E-state index in [1.165, 1.54) is 19.1 Å². The topological polar surface area (TPSA) is 43.4 Å². The van der Waals surface area contributed by atoms with Gasteiger partial charge < -0.3 is 4.74 Å². The second kappa shape index (κ2) is 7.01. The molecule has 2 aliphatic carbocycles. The van der Waals surface area contributed by atoms with Gasteiger partial charge in [-0.3, -0.25) is 9.59 Å². The largest absolute Gasteiger partial charge is 0.469 e. The van der Waals surface area contributed by atoms with Crippen LogP contribution in [-0.2, 0) is 14.3 Å². The highest BCUT2D eigenvalue weighted by molar-refractivity contribution is 5.94. The molecule has 0 bridgehead atoms. The molecule has 0 radical (unpaired) electrons. The molecule has 1 fully saturated rings. The van der Waals surface area contributed by atoms with Gasteiger partial charge >= 0.3 is 5.97 Å². The van der Waals surface area contributed by atoms with Gasteiger partial charge in [-0.25, -0.2) is 0 Å². The molecule has 0 N–H and O–H groups in total. The Bertz CT molecular complexity index is 531. The number of allylic oxidation sites excluding steroid dienone is 2. The Hall–Kier alpha value is -1.12. The Morgan fingerprint density at radius 2 is 2.00 bits per heavy atom. The standard InChI is InChI=1S/C21H34O3/c1-14(12-18(23)24-6)8-9-16-15(2)13-17(22)19-20(3,4)10-7-11-21(16,19)5/h13-14,16,19H,7-12H2,1-6H3/t14-,16-,19-,21+/m0/s1. The number of hydrogen-bond donors (Lipinski definition) is 0. The number of fused-ring (bicyclic) bond motifs is 1. The monoisotopic (exact) mass is 334 g/mol.